The van der Waals surface area contributed by atoms with Gasteiger partial charge in [0, 0.05) is 29.9 Å². The van der Waals surface area contributed by atoms with E-state index in [1.807, 2.05) is 48.8 Å². The van der Waals surface area contributed by atoms with Crippen LogP contribution in [0.1, 0.15) is 11.3 Å². The van der Waals surface area contributed by atoms with E-state index in [1.54, 1.807) is 0 Å². The topological polar surface area (TPSA) is 28.7 Å². The number of para-hydroxylation sites is 1. The van der Waals surface area contributed by atoms with E-state index >= 15 is 0 Å². The van der Waals surface area contributed by atoms with E-state index in [4.69, 9.17) is 0 Å². The lowest BCUT2D eigenvalue weighted by molar-refractivity contribution is 1.11. The number of aromatic nitrogens is 2. The standard InChI is InChI=1S/C11H11N.C9H7N/c1-2-5-10(6-3-1)9-11-7-4-8-12-11;1-2-6-9-8(4-1)5-3-7-10-9/h1-8,12H,9H2;1-7H. The van der Waals surface area contributed by atoms with Crippen molar-refractivity contribution < 1.29 is 0 Å². The predicted octanol–water partition coefficient (Wildman–Crippen LogP) is 4.84. The van der Waals surface area contributed by atoms with Crippen LogP contribution >= 0.6 is 0 Å². The molecule has 0 radical (unpaired) electrons. The molecule has 2 heterocycles. The summed E-state index contributed by atoms with van der Waals surface area (Å²) in [5.41, 5.74) is 3.67. The first kappa shape index (κ1) is 14.1. The molecule has 2 heteroatoms. The second-order valence-electron chi connectivity index (χ2n) is 5.05. The van der Waals surface area contributed by atoms with Crippen LogP contribution in [-0.4, -0.2) is 9.97 Å². The number of pyridine rings is 1. The highest BCUT2D eigenvalue weighted by molar-refractivity contribution is 5.77. The number of hydrogen-bond donors (Lipinski definition) is 1. The van der Waals surface area contributed by atoms with Crippen LogP contribution in [-0.2, 0) is 6.42 Å². The van der Waals surface area contributed by atoms with Gasteiger partial charge in [-0.05, 0) is 29.8 Å². The van der Waals surface area contributed by atoms with Gasteiger partial charge in [0.15, 0.2) is 0 Å². The van der Waals surface area contributed by atoms with Crippen molar-refractivity contribution >= 4 is 10.9 Å². The minimum atomic E-state index is 0.994. The van der Waals surface area contributed by atoms with Gasteiger partial charge in [-0.3, -0.25) is 4.98 Å². The summed E-state index contributed by atoms with van der Waals surface area (Å²) in [6.45, 7) is 0. The number of fused-ring (bicyclic) bond motifs is 1. The lowest BCUT2D eigenvalue weighted by Crippen LogP contribution is -1.86. The van der Waals surface area contributed by atoms with E-state index < -0.39 is 0 Å². The second-order valence-corrected chi connectivity index (χ2v) is 5.05. The van der Waals surface area contributed by atoms with Gasteiger partial charge in [0.05, 0.1) is 5.52 Å². The Labute approximate surface area is 130 Å². The van der Waals surface area contributed by atoms with Gasteiger partial charge >= 0.3 is 0 Å². The number of hydrogen-bond acceptors (Lipinski definition) is 1. The molecule has 0 amide bonds. The summed E-state index contributed by atoms with van der Waals surface area (Å²) >= 11 is 0. The molecule has 0 atom stereocenters. The molecular formula is C20H18N2. The Morgan fingerprint density at radius 2 is 1.50 bits per heavy atom. The summed E-state index contributed by atoms with van der Waals surface area (Å²) in [7, 11) is 0. The van der Waals surface area contributed by atoms with Gasteiger partial charge in [-0.25, -0.2) is 0 Å². The first-order chi connectivity index (χ1) is 10.9. The van der Waals surface area contributed by atoms with Crippen molar-refractivity contribution in [2.75, 3.05) is 0 Å². The Kier molecular flexibility index (Phi) is 4.63. The first-order valence-corrected chi connectivity index (χ1v) is 7.38. The fourth-order valence-electron chi connectivity index (χ4n) is 2.31. The molecule has 4 rings (SSSR count). The van der Waals surface area contributed by atoms with Crippen LogP contribution in [0.5, 0.6) is 0 Å². The van der Waals surface area contributed by atoms with Crippen molar-refractivity contribution in [3.05, 3.63) is 103 Å². The summed E-state index contributed by atoms with van der Waals surface area (Å²) in [6.07, 6.45) is 4.76. The lowest BCUT2D eigenvalue weighted by atomic mass is 10.1. The maximum atomic E-state index is 4.18. The van der Waals surface area contributed by atoms with Crippen LogP contribution in [0.15, 0.2) is 91.3 Å². The minimum absolute atomic E-state index is 0.994. The summed E-state index contributed by atoms with van der Waals surface area (Å²) in [4.78, 5) is 7.37. The SMILES string of the molecule is c1ccc(Cc2ccc[nH]2)cc1.c1ccc2ncccc2c1. The zero-order valence-corrected chi connectivity index (χ0v) is 12.3. The monoisotopic (exact) mass is 286 g/mol. The van der Waals surface area contributed by atoms with Crippen molar-refractivity contribution in [1.29, 1.82) is 0 Å². The smallest absolute Gasteiger partial charge is 0.0701 e. The van der Waals surface area contributed by atoms with E-state index in [2.05, 4.69) is 52.4 Å². The number of H-pyrrole nitrogens is 1. The molecule has 0 aliphatic carbocycles. The summed E-state index contributed by atoms with van der Waals surface area (Å²) < 4.78 is 0. The average Bonchev–Trinajstić information content (AvgIpc) is 3.10. The molecule has 0 aliphatic rings. The maximum Gasteiger partial charge on any atom is 0.0701 e. The second kappa shape index (κ2) is 7.23. The first-order valence-electron chi connectivity index (χ1n) is 7.38. The average molecular weight is 286 g/mol. The summed E-state index contributed by atoms with van der Waals surface area (Å²) in [6, 6.07) is 26.7. The van der Waals surface area contributed by atoms with E-state index in [-0.39, 0.29) is 0 Å². The van der Waals surface area contributed by atoms with Crippen molar-refractivity contribution in [1.82, 2.24) is 9.97 Å². The number of benzene rings is 2. The Bertz CT molecular complexity index is 740. The quantitative estimate of drug-likeness (QED) is 0.561. The van der Waals surface area contributed by atoms with Gasteiger partial charge in [-0.1, -0.05) is 54.6 Å². The highest BCUT2D eigenvalue weighted by atomic mass is 14.7. The van der Waals surface area contributed by atoms with Gasteiger partial charge in [0.1, 0.15) is 0 Å². The van der Waals surface area contributed by atoms with Crippen LogP contribution in [0.3, 0.4) is 0 Å². The molecule has 1 N–H and O–H groups in total. The van der Waals surface area contributed by atoms with Crippen molar-refractivity contribution in [2.45, 2.75) is 6.42 Å². The highest BCUT2D eigenvalue weighted by Gasteiger charge is 1.93. The maximum absolute atomic E-state index is 4.18. The van der Waals surface area contributed by atoms with Gasteiger partial charge < -0.3 is 4.98 Å². The molecule has 0 saturated carbocycles. The Balaban J connectivity index is 0.000000133. The number of nitrogens with one attached hydrogen (secondary N) is 1. The summed E-state index contributed by atoms with van der Waals surface area (Å²) in [5.74, 6) is 0. The molecule has 22 heavy (non-hydrogen) atoms. The molecule has 0 aliphatic heterocycles. The van der Waals surface area contributed by atoms with Crippen LogP contribution in [0.4, 0.5) is 0 Å². The molecule has 0 saturated heterocycles. The molecule has 0 unspecified atom stereocenters. The molecule has 0 bridgehead atoms. The van der Waals surface area contributed by atoms with Gasteiger partial charge in [0.25, 0.3) is 0 Å². The number of rotatable bonds is 2. The van der Waals surface area contributed by atoms with E-state index in [9.17, 15) is 0 Å². The number of nitrogens with zero attached hydrogens (tertiary/aromatic N) is 1. The van der Waals surface area contributed by atoms with E-state index in [0.717, 1.165) is 11.9 Å². The lowest BCUT2D eigenvalue weighted by Gasteiger charge is -1.96. The number of aromatic amines is 1. The fourth-order valence-corrected chi connectivity index (χ4v) is 2.31. The molecule has 2 aromatic carbocycles. The normalized spacial score (nSPS) is 10.0. The molecule has 2 aromatic heterocycles. The van der Waals surface area contributed by atoms with Gasteiger partial charge in [-0.2, -0.15) is 0 Å². The van der Waals surface area contributed by atoms with Crippen molar-refractivity contribution in [3.8, 4) is 0 Å². The zero-order chi connectivity index (χ0) is 15.0. The molecule has 0 spiro atoms. The third kappa shape index (κ3) is 3.83. The summed E-state index contributed by atoms with van der Waals surface area (Å²) in [5, 5.41) is 1.20. The van der Waals surface area contributed by atoms with E-state index in [0.29, 0.717) is 0 Å². The predicted molar refractivity (Wildman–Crippen MR) is 91.8 cm³/mol. The van der Waals surface area contributed by atoms with E-state index in [1.165, 1.54) is 16.6 Å². The molecule has 0 fully saturated rings. The third-order valence-corrected chi connectivity index (χ3v) is 3.41. The van der Waals surface area contributed by atoms with Crippen LogP contribution in [0.2, 0.25) is 0 Å². The van der Waals surface area contributed by atoms with Crippen LogP contribution in [0, 0.1) is 0 Å². The Morgan fingerprint density at radius 1 is 0.727 bits per heavy atom. The zero-order valence-electron chi connectivity index (χ0n) is 12.3. The molecule has 4 aromatic rings. The third-order valence-electron chi connectivity index (χ3n) is 3.41. The van der Waals surface area contributed by atoms with Crippen LogP contribution in [0.25, 0.3) is 10.9 Å². The Hall–Kier alpha value is -2.87. The molecule has 2 nitrogen and oxygen atoms in total. The molecular weight excluding hydrogens is 268 g/mol. The largest absolute Gasteiger partial charge is 0.365 e. The minimum Gasteiger partial charge on any atom is -0.365 e. The fraction of sp³-hybridized carbons (Fsp3) is 0.0500. The van der Waals surface area contributed by atoms with Crippen molar-refractivity contribution in [3.63, 3.8) is 0 Å². The van der Waals surface area contributed by atoms with Crippen LogP contribution < -0.4 is 0 Å². The Morgan fingerprint density at radius 3 is 2.27 bits per heavy atom. The van der Waals surface area contributed by atoms with Gasteiger partial charge in [0.2, 0.25) is 0 Å². The molecule has 108 valence electrons. The highest BCUT2D eigenvalue weighted by Crippen LogP contribution is 2.08. The van der Waals surface area contributed by atoms with Gasteiger partial charge in [-0.15, -0.1) is 0 Å². The van der Waals surface area contributed by atoms with Crippen molar-refractivity contribution in [2.24, 2.45) is 0 Å².